The molecule has 0 bridgehead atoms. The average molecular weight is 258 g/mol. The summed E-state index contributed by atoms with van der Waals surface area (Å²) < 4.78 is 5.24. The van der Waals surface area contributed by atoms with Gasteiger partial charge in [-0.1, -0.05) is 18.2 Å². The maximum absolute atomic E-state index is 10.2. The summed E-state index contributed by atoms with van der Waals surface area (Å²) in [7, 11) is 1.61. The molecule has 0 aliphatic carbocycles. The Kier molecular flexibility index (Phi) is 4.89. The first-order valence-corrected chi connectivity index (χ1v) is 6.22. The van der Waals surface area contributed by atoms with E-state index in [4.69, 9.17) is 4.74 Å². The quantitative estimate of drug-likeness (QED) is 0.831. The number of aliphatic hydroxyl groups excluding tert-OH is 1. The summed E-state index contributed by atoms with van der Waals surface area (Å²) in [5.41, 5.74) is 1.94. The fraction of sp³-hybridized carbons (Fsp3) is 0.267. The second-order valence-corrected chi connectivity index (χ2v) is 4.24. The Morgan fingerprint density at radius 3 is 2.68 bits per heavy atom. The van der Waals surface area contributed by atoms with E-state index in [1.165, 1.54) is 0 Å². The molecule has 100 valence electrons. The minimum atomic E-state index is -0.585. The molecule has 1 aromatic carbocycles. The van der Waals surface area contributed by atoms with Gasteiger partial charge in [0.1, 0.15) is 5.75 Å². The Bertz CT molecular complexity index is 503. The van der Waals surface area contributed by atoms with Gasteiger partial charge in [0.2, 0.25) is 0 Å². The monoisotopic (exact) mass is 258 g/mol. The van der Waals surface area contributed by atoms with Crippen LogP contribution >= 0.6 is 0 Å². The molecule has 1 atom stereocenters. The van der Waals surface area contributed by atoms with Gasteiger partial charge in [-0.25, -0.2) is 0 Å². The number of nitrogens with one attached hydrogen (secondary N) is 1. The molecule has 0 amide bonds. The van der Waals surface area contributed by atoms with Gasteiger partial charge in [0.25, 0.3) is 0 Å². The number of aliphatic hydroxyl groups is 1. The topological polar surface area (TPSA) is 54.4 Å². The van der Waals surface area contributed by atoms with Crippen LogP contribution in [0.1, 0.15) is 17.2 Å². The zero-order valence-electron chi connectivity index (χ0n) is 10.9. The predicted octanol–water partition coefficient (Wildman–Crippen LogP) is 1.91. The Labute approximate surface area is 113 Å². The van der Waals surface area contributed by atoms with Crippen molar-refractivity contribution in [3.63, 3.8) is 0 Å². The molecular formula is C15H18N2O2. The van der Waals surface area contributed by atoms with Crippen molar-refractivity contribution in [3.8, 4) is 5.75 Å². The maximum Gasteiger partial charge on any atom is 0.124 e. The Balaban J connectivity index is 1.89. The van der Waals surface area contributed by atoms with Crippen molar-refractivity contribution in [2.24, 2.45) is 0 Å². The highest BCUT2D eigenvalue weighted by Crippen LogP contribution is 2.23. The number of para-hydroxylation sites is 1. The van der Waals surface area contributed by atoms with Gasteiger partial charge in [-0.05, 0) is 23.8 Å². The number of hydrogen-bond acceptors (Lipinski definition) is 4. The van der Waals surface area contributed by atoms with Crippen LogP contribution in [-0.2, 0) is 6.54 Å². The number of methoxy groups -OCH3 is 1. The van der Waals surface area contributed by atoms with Gasteiger partial charge < -0.3 is 15.2 Å². The van der Waals surface area contributed by atoms with Crippen molar-refractivity contribution in [1.29, 1.82) is 0 Å². The molecule has 2 rings (SSSR count). The van der Waals surface area contributed by atoms with Crippen LogP contribution in [0.3, 0.4) is 0 Å². The lowest BCUT2D eigenvalue weighted by Crippen LogP contribution is -2.21. The molecule has 0 fully saturated rings. The molecule has 1 heterocycles. The Hall–Kier alpha value is -1.91. The molecule has 1 aromatic heterocycles. The number of pyridine rings is 1. The standard InChI is InChI=1S/C15H18N2O2/c1-19-15-5-3-2-4-13(15)14(18)11-17-10-12-6-8-16-9-7-12/h2-9,14,17-18H,10-11H2,1H3. The van der Waals surface area contributed by atoms with Gasteiger partial charge in [0, 0.05) is 31.0 Å². The van der Waals surface area contributed by atoms with E-state index in [0.717, 1.165) is 11.1 Å². The molecule has 0 aliphatic rings. The number of ether oxygens (including phenoxy) is 1. The number of aromatic nitrogens is 1. The van der Waals surface area contributed by atoms with E-state index < -0.39 is 6.10 Å². The van der Waals surface area contributed by atoms with Gasteiger partial charge in [-0.3, -0.25) is 4.98 Å². The summed E-state index contributed by atoms with van der Waals surface area (Å²) in [5.74, 6) is 0.709. The fourth-order valence-corrected chi connectivity index (χ4v) is 1.91. The van der Waals surface area contributed by atoms with Crippen molar-refractivity contribution < 1.29 is 9.84 Å². The van der Waals surface area contributed by atoms with Crippen LogP contribution in [-0.4, -0.2) is 23.7 Å². The summed E-state index contributed by atoms with van der Waals surface area (Å²) in [4.78, 5) is 3.97. The van der Waals surface area contributed by atoms with Crippen molar-refractivity contribution in [2.45, 2.75) is 12.6 Å². The van der Waals surface area contributed by atoms with Crippen LogP contribution in [0.4, 0.5) is 0 Å². The molecule has 19 heavy (non-hydrogen) atoms. The molecule has 0 spiro atoms. The van der Waals surface area contributed by atoms with Crippen molar-refractivity contribution in [3.05, 3.63) is 59.9 Å². The molecule has 0 saturated heterocycles. The highest BCUT2D eigenvalue weighted by Gasteiger charge is 2.11. The lowest BCUT2D eigenvalue weighted by Gasteiger charge is -2.15. The van der Waals surface area contributed by atoms with E-state index in [2.05, 4.69) is 10.3 Å². The van der Waals surface area contributed by atoms with Crippen molar-refractivity contribution in [1.82, 2.24) is 10.3 Å². The van der Waals surface area contributed by atoms with Crippen LogP contribution in [0, 0.1) is 0 Å². The second kappa shape index (κ2) is 6.87. The third-order valence-electron chi connectivity index (χ3n) is 2.91. The summed E-state index contributed by atoms with van der Waals surface area (Å²) in [6.07, 6.45) is 2.93. The normalized spacial score (nSPS) is 12.1. The zero-order chi connectivity index (χ0) is 13.5. The Morgan fingerprint density at radius 1 is 1.21 bits per heavy atom. The molecular weight excluding hydrogens is 240 g/mol. The predicted molar refractivity (Wildman–Crippen MR) is 73.9 cm³/mol. The highest BCUT2D eigenvalue weighted by molar-refractivity contribution is 5.35. The molecule has 2 N–H and O–H groups in total. The van der Waals surface area contributed by atoms with E-state index in [9.17, 15) is 5.11 Å². The van der Waals surface area contributed by atoms with E-state index >= 15 is 0 Å². The number of rotatable bonds is 6. The van der Waals surface area contributed by atoms with Crippen LogP contribution in [0.25, 0.3) is 0 Å². The molecule has 0 aliphatic heterocycles. The molecule has 1 unspecified atom stereocenters. The summed E-state index contributed by atoms with van der Waals surface area (Å²) >= 11 is 0. The van der Waals surface area contributed by atoms with Gasteiger partial charge in [-0.15, -0.1) is 0 Å². The van der Waals surface area contributed by atoms with Crippen molar-refractivity contribution >= 4 is 0 Å². The van der Waals surface area contributed by atoms with E-state index in [1.54, 1.807) is 19.5 Å². The van der Waals surface area contributed by atoms with Crippen LogP contribution < -0.4 is 10.1 Å². The molecule has 0 saturated carbocycles. The zero-order valence-corrected chi connectivity index (χ0v) is 10.9. The largest absolute Gasteiger partial charge is 0.496 e. The van der Waals surface area contributed by atoms with Gasteiger partial charge in [0.05, 0.1) is 13.2 Å². The number of hydrogen-bond donors (Lipinski definition) is 2. The Morgan fingerprint density at radius 2 is 1.95 bits per heavy atom. The van der Waals surface area contributed by atoms with E-state index in [-0.39, 0.29) is 0 Å². The molecule has 4 heteroatoms. The summed E-state index contributed by atoms with van der Waals surface area (Å²) in [6.45, 7) is 1.18. The van der Waals surface area contributed by atoms with E-state index in [1.807, 2.05) is 36.4 Å². The lowest BCUT2D eigenvalue weighted by atomic mass is 10.1. The summed E-state index contributed by atoms with van der Waals surface area (Å²) in [5, 5.41) is 13.4. The first-order valence-electron chi connectivity index (χ1n) is 6.22. The molecule has 2 aromatic rings. The van der Waals surface area contributed by atoms with Gasteiger partial charge in [0.15, 0.2) is 0 Å². The smallest absolute Gasteiger partial charge is 0.124 e. The van der Waals surface area contributed by atoms with Crippen LogP contribution in [0.2, 0.25) is 0 Å². The molecule has 4 nitrogen and oxygen atoms in total. The second-order valence-electron chi connectivity index (χ2n) is 4.24. The third kappa shape index (κ3) is 3.77. The summed E-state index contributed by atoms with van der Waals surface area (Å²) in [6, 6.07) is 11.4. The lowest BCUT2D eigenvalue weighted by molar-refractivity contribution is 0.170. The first kappa shape index (κ1) is 13.5. The van der Waals surface area contributed by atoms with E-state index in [0.29, 0.717) is 18.8 Å². The fourth-order valence-electron chi connectivity index (χ4n) is 1.91. The number of benzene rings is 1. The highest BCUT2D eigenvalue weighted by atomic mass is 16.5. The molecule has 0 radical (unpaired) electrons. The number of nitrogens with zero attached hydrogens (tertiary/aromatic N) is 1. The average Bonchev–Trinajstić information content (AvgIpc) is 2.48. The van der Waals surface area contributed by atoms with Crippen molar-refractivity contribution in [2.75, 3.05) is 13.7 Å². The third-order valence-corrected chi connectivity index (χ3v) is 2.91. The van der Waals surface area contributed by atoms with Gasteiger partial charge in [-0.2, -0.15) is 0 Å². The minimum absolute atomic E-state index is 0.475. The first-order chi connectivity index (χ1) is 9.31. The van der Waals surface area contributed by atoms with Gasteiger partial charge >= 0.3 is 0 Å². The maximum atomic E-state index is 10.2. The van der Waals surface area contributed by atoms with Crippen LogP contribution in [0.15, 0.2) is 48.8 Å². The SMILES string of the molecule is COc1ccccc1C(O)CNCc1ccncc1. The minimum Gasteiger partial charge on any atom is -0.496 e. The van der Waals surface area contributed by atoms with Crippen LogP contribution in [0.5, 0.6) is 5.75 Å².